The van der Waals surface area contributed by atoms with E-state index in [0.717, 1.165) is 25.9 Å². The lowest BCUT2D eigenvalue weighted by Crippen LogP contribution is -2.37. The summed E-state index contributed by atoms with van der Waals surface area (Å²) < 4.78 is 27.3. The number of hydrogen-bond donors (Lipinski definition) is 1. The number of aryl methyl sites for hydroxylation is 1. The fraction of sp³-hybridized carbons (Fsp3) is 0.538. The van der Waals surface area contributed by atoms with Crippen LogP contribution in [0, 0.1) is 18.6 Å². The van der Waals surface area contributed by atoms with Gasteiger partial charge >= 0.3 is 0 Å². The van der Waals surface area contributed by atoms with Crippen LogP contribution in [0.2, 0.25) is 0 Å². The van der Waals surface area contributed by atoms with Crippen molar-refractivity contribution in [2.24, 2.45) is 0 Å². The van der Waals surface area contributed by atoms with Crippen LogP contribution < -0.4 is 5.32 Å². The van der Waals surface area contributed by atoms with Crippen molar-refractivity contribution in [3.63, 3.8) is 0 Å². The average molecular weight is 240 g/mol. The lowest BCUT2D eigenvalue weighted by atomic mass is 10.0. The van der Waals surface area contributed by atoms with Crippen LogP contribution in [0.15, 0.2) is 12.1 Å². The largest absolute Gasteiger partial charge is 0.377 e. The van der Waals surface area contributed by atoms with E-state index in [1.54, 1.807) is 6.92 Å². The molecule has 0 aliphatic carbocycles. The molecule has 2 nitrogen and oxygen atoms in total. The highest BCUT2D eigenvalue weighted by Crippen LogP contribution is 2.23. The van der Waals surface area contributed by atoms with E-state index in [0.29, 0.717) is 5.56 Å². The topological polar surface area (TPSA) is 15.3 Å². The van der Waals surface area contributed by atoms with E-state index >= 15 is 0 Å². The van der Waals surface area contributed by atoms with Crippen LogP contribution in [0.3, 0.4) is 0 Å². The van der Waals surface area contributed by atoms with Gasteiger partial charge in [0.15, 0.2) is 0 Å². The Labute approximate surface area is 101 Å². The van der Waals surface area contributed by atoms with Gasteiger partial charge in [0.05, 0.1) is 0 Å². The van der Waals surface area contributed by atoms with E-state index in [9.17, 15) is 8.78 Å². The Balaban J connectivity index is 2.08. The number of likely N-dealkylation sites (tertiary alicyclic amines) is 1. The maximum atomic E-state index is 13.6. The van der Waals surface area contributed by atoms with Crippen LogP contribution >= 0.6 is 0 Å². The molecule has 0 unspecified atom stereocenters. The normalized spacial score (nSPS) is 18.4. The summed E-state index contributed by atoms with van der Waals surface area (Å²) in [5.41, 5.74) is 0.624. The van der Waals surface area contributed by atoms with E-state index in [2.05, 4.69) is 17.3 Å². The third kappa shape index (κ3) is 2.94. The number of piperidine rings is 1. The van der Waals surface area contributed by atoms with Crippen molar-refractivity contribution in [3.05, 3.63) is 29.3 Å². The first kappa shape index (κ1) is 12.3. The Kier molecular flexibility index (Phi) is 3.62. The average Bonchev–Trinajstić information content (AvgIpc) is 2.26. The van der Waals surface area contributed by atoms with Gasteiger partial charge in [-0.25, -0.2) is 8.78 Å². The molecule has 1 aliphatic heterocycles. The van der Waals surface area contributed by atoms with Crippen molar-refractivity contribution in [1.82, 2.24) is 4.90 Å². The quantitative estimate of drug-likeness (QED) is 0.855. The molecule has 1 heterocycles. The van der Waals surface area contributed by atoms with Gasteiger partial charge in [0.25, 0.3) is 0 Å². The van der Waals surface area contributed by atoms with Crippen LogP contribution in [-0.2, 0) is 0 Å². The zero-order chi connectivity index (χ0) is 12.4. The molecule has 17 heavy (non-hydrogen) atoms. The van der Waals surface area contributed by atoms with Crippen LogP contribution in [0.5, 0.6) is 0 Å². The molecule has 0 amide bonds. The first-order valence-corrected chi connectivity index (χ1v) is 5.97. The van der Waals surface area contributed by atoms with Gasteiger partial charge in [0.1, 0.15) is 17.3 Å². The standard InChI is InChI=1S/C13H18F2N2/c1-9-7-11(14)13(12(15)8-9)16-10-3-5-17(2)6-4-10/h7-8,10,16H,3-6H2,1-2H3. The van der Waals surface area contributed by atoms with E-state index < -0.39 is 11.6 Å². The van der Waals surface area contributed by atoms with Gasteiger partial charge in [0, 0.05) is 6.04 Å². The first-order valence-electron chi connectivity index (χ1n) is 5.97. The molecule has 1 fully saturated rings. The molecule has 0 radical (unpaired) electrons. The highest BCUT2D eigenvalue weighted by molar-refractivity contribution is 5.48. The van der Waals surface area contributed by atoms with E-state index in [-0.39, 0.29) is 11.7 Å². The molecule has 1 aliphatic rings. The Hall–Kier alpha value is -1.16. The van der Waals surface area contributed by atoms with Crippen molar-refractivity contribution in [2.45, 2.75) is 25.8 Å². The van der Waals surface area contributed by atoms with Crippen molar-refractivity contribution in [1.29, 1.82) is 0 Å². The monoisotopic (exact) mass is 240 g/mol. The van der Waals surface area contributed by atoms with Gasteiger partial charge in [-0.3, -0.25) is 0 Å². The highest BCUT2D eigenvalue weighted by atomic mass is 19.1. The Bertz CT molecular complexity index is 375. The van der Waals surface area contributed by atoms with Crippen LogP contribution in [-0.4, -0.2) is 31.1 Å². The van der Waals surface area contributed by atoms with Crippen LogP contribution in [0.25, 0.3) is 0 Å². The third-order valence-electron chi connectivity index (χ3n) is 3.25. The molecule has 0 bridgehead atoms. The van der Waals surface area contributed by atoms with Gasteiger partial charge in [-0.15, -0.1) is 0 Å². The molecule has 1 saturated heterocycles. The van der Waals surface area contributed by atoms with Gasteiger partial charge in [-0.2, -0.15) is 0 Å². The molecule has 4 heteroatoms. The van der Waals surface area contributed by atoms with E-state index in [1.807, 2.05) is 0 Å². The first-order chi connectivity index (χ1) is 8.06. The van der Waals surface area contributed by atoms with Gasteiger partial charge in [-0.05, 0) is 57.6 Å². The van der Waals surface area contributed by atoms with Crippen LogP contribution in [0.4, 0.5) is 14.5 Å². The van der Waals surface area contributed by atoms with Crippen molar-refractivity contribution in [3.8, 4) is 0 Å². The second-order valence-electron chi connectivity index (χ2n) is 4.83. The molecular formula is C13H18F2N2. The zero-order valence-electron chi connectivity index (χ0n) is 10.3. The van der Waals surface area contributed by atoms with Gasteiger partial charge < -0.3 is 10.2 Å². The summed E-state index contributed by atoms with van der Waals surface area (Å²) in [7, 11) is 2.06. The number of nitrogens with one attached hydrogen (secondary N) is 1. The molecule has 0 spiro atoms. The molecule has 2 rings (SSSR count). The second-order valence-corrected chi connectivity index (χ2v) is 4.83. The number of hydrogen-bond acceptors (Lipinski definition) is 2. The molecule has 1 aromatic carbocycles. The molecule has 1 N–H and O–H groups in total. The second kappa shape index (κ2) is 5.00. The lowest BCUT2D eigenvalue weighted by molar-refractivity contribution is 0.263. The summed E-state index contributed by atoms with van der Waals surface area (Å²) in [6.07, 6.45) is 1.84. The minimum absolute atomic E-state index is 0.0187. The van der Waals surface area contributed by atoms with Crippen molar-refractivity contribution in [2.75, 3.05) is 25.5 Å². The molecule has 94 valence electrons. The lowest BCUT2D eigenvalue weighted by Gasteiger charge is -2.30. The third-order valence-corrected chi connectivity index (χ3v) is 3.25. The minimum Gasteiger partial charge on any atom is -0.377 e. The number of anilines is 1. The fourth-order valence-electron chi connectivity index (χ4n) is 2.19. The Morgan fingerprint density at radius 2 is 1.71 bits per heavy atom. The Morgan fingerprint density at radius 1 is 1.18 bits per heavy atom. The fourth-order valence-corrected chi connectivity index (χ4v) is 2.19. The predicted octanol–water partition coefficient (Wildman–Crippen LogP) is 2.78. The van der Waals surface area contributed by atoms with E-state index in [4.69, 9.17) is 0 Å². The summed E-state index contributed by atoms with van der Waals surface area (Å²) in [6.45, 7) is 3.62. The van der Waals surface area contributed by atoms with Crippen LogP contribution in [0.1, 0.15) is 18.4 Å². The predicted molar refractivity (Wildman–Crippen MR) is 65.2 cm³/mol. The van der Waals surface area contributed by atoms with Crippen molar-refractivity contribution < 1.29 is 8.78 Å². The highest BCUT2D eigenvalue weighted by Gasteiger charge is 2.19. The Morgan fingerprint density at radius 3 is 2.24 bits per heavy atom. The molecule has 0 saturated carbocycles. The molecular weight excluding hydrogens is 222 g/mol. The zero-order valence-corrected chi connectivity index (χ0v) is 10.3. The maximum Gasteiger partial charge on any atom is 0.149 e. The minimum atomic E-state index is -0.499. The van der Waals surface area contributed by atoms with E-state index in [1.165, 1.54) is 12.1 Å². The maximum absolute atomic E-state index is 13.6. The summed E-state index contributed by atoms with van der Waals surface area (Å²) >= 11 is 0. The van der Waals surface area contributed by atoms with Crippen molar-refractivity contribution >= 4 is 5.69 Å². The molecule has 1 aromatic rings. The summed E-state index contributed by atoms with van der Waals surface area (Å²) in [5, 5.41) is 2.99. The number of rotatable bonds is 2. The number of benzene rings is 1. The number of nitrogens with zero attached hydrogens (tertiary/aromatic N) is 1. The van der Waals surface area contributed by atoms with Gasteiger partial charge in [-0.1, -0.05) is 0 Å². The summed E-state index contributed by atoms with van der Waals surface area (Å²) in [4.78, 5) is 2.22. The summed E-state index contributed by atoms with van der Waals surface area (Å²) in [6, 6.07) is 2.89. The van der Waals surface area contributed by atoms with Gasteiger partial charge in [0.2, 0.25) is 0 Å². The smallest absolute Gasteiger partial charge is 0.149 e. The summed E-state index contributed by atoms with van der Waals surface area (Å²) in [5.74, 6) is -0.997. The molecule has 0 aromatic heterocycles. The number of halogens is 2. The SMILES string of the molecule is Cc1cc(F)c(NC2CCN(C)CC2)c(F)c1. The molecule has 0 atom stereocenters.